The summed E-state index contributed by atoms with van der Waals surface area (Å²) in [7, 11) is 0. The van der Waals surface area contributed by atoms with E-state index in [9.17, 15) is 4.79 Å². The van der Waals surface area contributed by atoms with Crippen molar-refractivity contribution in [1.29, 1.82) is 0 Å². The van der Waals surface area contributed by atoms with E-state index in [0.717, 1.165) is 30.5 Å². The summed E-state index contributed by atoms with van der Waals surface area (Å²) < 4.78 is 0. The maximum absolute atomic E-state index is 11.3. The Kier molecular flexibility index (Phi) is 2.48. The van der Waals surface area contributed by atoms with Gasteiger partial charge in [0.25, 0.3) is 5.56 Å². The summed E-state index contributed by atoms with van der Waals surface area (Å²) in [6.45, 7) is 0. The standard InChI is InChI=1S/C13H13N3O/c17-12-7-10(8-15-16-12)11-5-1-3-9-4-2-6-14-13(9)11/h2,4,6-8,11H,1,3,5H2,(H,16,17). The summed E-state index contributed by atoms with van der Waals surface area (Å²) in [5.41, 5.74) is 3.22. The minimum absolute atomic E-state index is 0.148. The molecule has 0 aromatic carbocycles. The van der Waals surface area contributed by atoms with Crippen molar-refractivity contribution < 1.29 is 0 Å². The molecule has 0 radical (unpaired) electrons. The average Bonchev–Trinajstić information content (AvgIpc) is 2.38. The number of aromatic amines is 1. The monoisotopic (exact) mass is 227 g/mol. The molecule has 2 aromatic heterocycles. The molecule has 0 bridgehead atoms. The first kappa shape index (κ1) is 10.2. The molecular weight excluding hydrogens is 214 g/mol. The fourth-order valence-corrected chi connectivity index (χ4v) is 2.52. The van der Waals surface area contributed by atoms with Gasteiger partial charge in [-0.25, -0.2) is 5.10 Å². The van der Waals surface area contributed by atoms with Crippen molar-refractivity contribution >= 4 is 0 Å². The number of hydrogen-bond donors (Lipinski definition) is 1. The van der Waals surface area contributed by atoms with Crippen LogP contribution in [0.15, 0.2) is 35.4 Å². The SMILES string of the molecule is O=c1cc(C2CCCc3cccnc32)cn[nH]1. The topological polar surface area (TPSA) is 58.6 Å². The number of rotatable bonds is 1. The predicted octanol–water partition coefficient (Wildman–Crippen LogP) is 1.63. The van der Waals surface area contributed by atoms with Crippen molar-refractivity contribution in [3.05, 3.63) is 57.8 Å². The van der Waals surface area contributed by atoms with Crippen LogP contribution in [-0.2, 0) is 6.42 Å². The molecule has 86 valence electrons. The van der Waals surface area contributed by atoms with Crippen LogP contribution in [0.5, 0.6) is 0 Å². The molecule has 0 amide bonds. The fourth-order valence-electron chi connectivity index (χ4n) is 2.52. The van der Waals surface area contributed by atoms with E-state index in [2.05, 4.69) is 21.2 Å². The van der Waals surface area contributed by atoms with Crippen LogP contribution in [0.2, 0.25) is 0 Å². The van der Waals surface area contributed by atoms with Crippen LogP contribution in [0.1, 0.15) is 35.6 Å². The van der Waals surface area contributed by atoms with E-state index < -0.39 is 0 Å². The second kappa shape index (κ2) is 4.13. The summed E-state index contributed by atoms with van der Waals surface area (Å²) in [6.07, 6.45) is 6.80. The van der Waals surface area contributed by atoms with Gasteiger partial charge in [-0.1, -0.05) is 6.07 Å². The molecule has 4 heteroatoms. The Balaban J connectivity index is 2.09. The van der Waals surface area contributed by atoms with Crippen LogP contribution in [0.3, 0.4) is 0 Å². The van der Waals surface area contributed by atoms with Crippen molar-refractivity contribution in [3.63, 3.8) is 0 Å². The Labute approximate surface area is 98.7 Å². The van der Waals surface area contributed by atoms with Crippen LogP contribution in [0, 0.1) is 0 Å². The lowest BCUT2D eigenvalue weighted by atomic mass is 9.83. The molecule has 1 N–H and O–H groups in total. The number of H-pyrrole nitrogens is 1. The quantitative estimate of drug-likeness (QED) is 0.805. The molecule has 0 fully saturated rings. The number of nitrogens with one attached hydrogen (secondary N) is 1. The highest BCUT2D eigenvalue weighted by Crippen LogP contribution is 2.34. The molecule has 0 saturated heterocycles. The summed E-state index contributed by atoms with van der Waals surface area (Å²) >= 11 is 0. The zero-order valence-corrected chi connectivity index (χ0v) is 9.39. The molecular formula is C13H13N3O. The van der Waals surface area contributed by atoms with Gasteiger partial charge >= 0.3 is 0 Å². The minimum Gasteiger partial charge on any atom is -0.268 e. The molecule has 1 aliphatic rings. The van der Waals surface area contributed by atoms with E-state index in [0.29, 0.717) is 0 Å². The van der Waals surface area contributed by atoms with Crippen molar-refractivity contribution in [2.24, 2.45) is 0 Å². The second-order valence-corrected chi connectivity index (χ2v) is 4.37. The Hall–Kier alpha value is -1.97. The third-order valence-electron chi connectivity index (χ3n) is 3.28. The maximum atomic E-state index is 11.3. The zero-order valence-electron chi connectivity index (χ0n) is 9.39. The number of fused-ring (bicyclic) bond motifs is 1. The second-order valence-electron chi connectivity index (χ2n) is 4.37. The molecule has 3 rings (SSSR count). The highest BCUT2D eigenvalue weighted by atomic mass is 16.1. The fraction of sp³-hybridized carbons (Fsp3) is 0.308. The summed E-state index contributed by atoms with van der Waals surface area (Å²) in [4.78, 5) is 15.8. The van der Waals surface area contributed by atoms with Crippen LogP contribution in [0.25, 0.3) is 0 Å². The van der Waals surface area contributed by atoms with Crippen LogP contribution < -0.4 is 5.56 Å². The first-order valence-corrected chi connectivity index (χ1v) is 5.83. The van der Waals surface area contributed by atoms with Crippen molar-refractivity contribution in [1.82, 2.24) is 15.2 Å². The van der Waals surface area contributed by atoms with Gasteiger partial charge in [-0.2, -0.15) is 5.10 Å². The molecule has 2 heterocycles. The van der Waals surface area contributed by atoms with E-state index in [-0.39, 0.29) is 11.5 Å². The smallest absolute Gasteiger partial charge is 0.264 e. The lowest BCUT2D eigenvalue weighted by Gasteiger charge is -2.23. The molecule has 2 aromatic rings. The van der Waals surface area contributed by atoms with E-state index in [4.69, 9.17) is 0 Å². The molecule has 1 atom stereocenters. The molecule has 17 heavy (non-hydrogen) atoms. The van der Waals surface area contributed by atoms with Gasteiger partial charge in [-0.3, -0.25) is 9.78 Å². The molecule has 1 unspecified atom stereocenters. The van der Waals surface area contributed by atoms with Gasteiger partial charge in [0.2, 0.25) is 0 Å². The van der Waals surface area contributed by atoms with E-state index in [1.54, 1.807) is 12.3 Å². The van der Waals surface area contributed by atoms with Gasteiger partial charge in [0.05, 0.1) is 11.9 Å². The van der Waals surface area contributed by atoms with Gasteiger partial charge in [-0.15, -0.1) is 0 Å². The Morgan fingerprint density at radius 3 is 3.24 bits per heavy atom. The van der Waals surface area contributed by atoms with Gasteiger partial charge in [-0.05, 0) is 36.5 Å². The molecule has 0 spiro atoms. The number of aromatic nitrogens is 3. The van der Waals surface area contributed by atoms with Crippen LogP contribution in [0.4, 0.5) is 0 Å². The lowest BCUT2D eigenvalue weighted by molar-refractivity contribution is 0.595. The van der Waals surface area contributed by atoms with Crippen molar-refractivity contribution in [2.45, 2.75) is 25.2 Å². The normalized spacial score (nSPS) is 18.7. The summed E-state index contributed by atoms with van der Waals surface area (Å²) in [6, 6.07) is 5.72. The first-order valence-electron chi connectivity index (χ1n) is 5.83. The maximum Gasteiger partial charge on any atom is 0.264 e. The van der Waals surface area contributed by atoms with Gasteiger partial charge in [0, 0.05) is 18.2 Å². The average molecular weight is 227 g/mol. The number of aryl methyl sites for hydroxylation is 1. The zero-order chi connectivity index (χ0) is 11.7. The first-order chi connectivity index (χ1) is 8.34. The lowest BCUT2D eigenvalue weighted by Crippen LogP contribution is -2.16. The highest BCUT2D eigenvalue weighted by molar-refractivity contribution is 5.33. The third-order valence-corrected chi connectivity index (χ3v) is 3.28. The molecule has 1 aliphatic carbocycles. The van der Waals surface area contributed by atoms with E-state index in [1.807, 2.05) is 12.3 Å². The molecule has 4 nitrogen and oxygen atoms in total. The Bertz CT molecular complexity index is 591. The van der Waals surface area contributed by atoms with Crippen molar-refractivity contribution in [2.75, 3.05) is 0 Å². The number of hydrogen-bond acceptors (Lipinski definition) is 3. The largest absolute Gasteiger partial charge is 0.268 e. The number of pyridine rings is 1. The minimum atomic E-state index is -0.148. The van der Waals surface area contributed by atoms with E-state index >= 15 is 0 Å². The van der Waals surface area contributed by atoms with Gasteiger partial charge < -0.3 is 0 Å². The number of nitrogens with zero attached hydrogens (tertiary/aromatic N) is 2. The Morgan fingerprint density at radius 1 is 1.41 bits per heavy atom. The van der Waals surface area contributed by atoms with Crippen LogP contribution in [-0.4, -0.2) is 15.2 Å². The van der Waals surface area contributed by atoms with Gasteiger partial charge in [0.1, 0.15) is 0 Å². The highest BCUT2D eigenvalue weighted by Gasteiger charge is 2.23. The van der Waals surface area contributed by atoms with Crippen molar-refractivity contribution in [3.8, 4) is 0 Å². The van der Waals surface area contributed by atoms with Gasteiger partial charge in [0.15, 0.2) is 0 Å². The molecule has 0 aliphatic heterocycles. The Morgan fingerprint density at radius 2 is 2.35 bits per heavy atom. The van der Waals surface area contributed by atoms with Crippen LogP contribution >= 0.6 is 0 Å². The van der Waals surface area contributed by atoms with E-state index in [1.165, 1.54) is 5.56 Å². The molecule has 0 saturated carbocycles. The predicted molar refractivity (Wildman–Crippen MR) is 63.9 cm³/mol. The summed E-state index contributed by atoms with van der Waals surface area (Å²) in [5.74, 6) is 0.217. The summed E-state index contributed by atoms with van der Waals surface area (Å²) in [5, 5.41) is 6.28. The third kappa shape index (κ3) is 1.86.